The Morgan fingerprint density at radius 3 is 2.62 bits per heavy atom. The van der Waals surface area contributed by atoms with E-state index in [1.54, 1.807) is 7.05 Å². The highest BCUT2D eigenvalue weighted by Crippen LogP contribution is 2.19. The predicted octanol–water partition coefficient (Wildman–Crippen LogP) is 2.96. The molecule has 1 N–H and O–H groups in total. The van der Waals surface area contributed by atoms with Crippen molar-refractivity contribution in [1.29, 1.82) is 0 Å². The number of hydrogen-bond acceptors (Lipinski definition) is 3. The van der Waals surface area contributed by atoms with Crippen molar-refractivity contribution in [3.8, 4) is 0 Å². The average Bonchev–Trinajstić information content (AvgIpc) is 3.02. The summed E-state index contributed by atoms with van der Waals surface area (Å²) in [5.74, 6) is 3.14. The number of aliphatic imine (C=N–C) groups is 1. The van der Waals surface area contributed by atoms with Gasteiger partial charge in [0.25, 0.3) is 0 Å². The third-order valence-corrected chi connectivity index (χ3v) is 4.05. The molecule has 0 bridgehead atoms. The third-order valence-electron chi connectivity index (χ3n) is 4.05. The Hall–Kier alpha value is -2.24. The lowest BCUT2D eigenvalue weighted by molar-refractivity contribution is 0.471. The highest BCUT2D eigenvalue weighted by Gasteiger charge is 2.15. The van der Waals surface area contributed by atoms with Crippen molar-refractivity contribution in [2.45, 2.75) is 46.7 Å². The number of hydrogen-bond donors (Lipinski definition) is 1. The minimum absolute atomic E-state index is 0.404. The lowest BCUT2D eigenvalue weighted by Gasteiger charge is -2.22. The van der Waals surface area contributed by atoms with Crippen molar-refractivity contribution in [2.75, 3.05) is 14.1 Å². The minimum Gasteiger partial charge on any atom is -0.466 e. The molecular weight excluding hydrogens is 302 g/mol. The summed E-state index contributed by atoms with van der Waals surface area (Å²) in [5.41, 5.74) is 3.53. The quantitative estimate of drug-likeness (QED) is 0.676. The van der Waals surface area contributed by atoms with E-state index in [0.29, 0.717) is 12.5 Å². The van der Waals surface area contributed by atoms with Crippen LogP contribution in [0.3, 0.4) is 0 Å². The van der Waals surface area contributed by atoms with Crippen LogP contribution in [0.15, 0.2) is 21.7 Å². The summed E-state index contributed by atoms with van der Waals surface area (Å²) < 4.78 is 7.46. The average molecular weight is 331 g/mol. The Morgan fingerprint density at radius 1 is 1.38 bits per heavy atom. The van der Waals surface area contributed by atoms with Crippen molar-refractivity contribution in [2.24, 2.45) is 12.0 Å². The van der Waals surface area contributed by atoms with Crippen molar-refractivity contribution in [1.82, 2.24) is 20.0 Å². The molecule has 0 fully saturated rings. The van der Waals surface area contributed by atoms with Gasteiger partial charge in [-0.1, -0.05) is 13.8 Å². The molecule has 0 atom stereocenters. The fraction of sp³-hybridized carbons (Fsp3) is 0.556. The van der Waals surface area contributed by atoms with Crippen LogP contribution in [-0.2, 0) is 20.1 Å². The van der Waals surface area contributed by atoms with Crippen LogP contribution in [0.2, 0.25) is 0 Å². The molecule has 0 aromatic carbocycles. The van der Waals surface area contributed by atoms with Gasteiger partial charge in [-0.05, 0) is 25.8 Å². The van der Waals surface area contributed by atoms with Gasteiger partial charge in [-0.15, -0.1) is 0 Å². The van der Waals surface area contributed by atoms with E-state index in [0.717, 1.165) is 35.3 Å². The maximum atomic E-state index is 5.58. The number of furan rings is 1. The van der Waals surface area contributed by atoms with E-state index in [1.165, 1.54) is 5.56 Å². The fourth-order valence-corrected chi connectivity index (χ4v) is 2.91. The molecule has 0 saturated heterocycles. The zero-order chi connectivity index (χ0) is 17.9. The molecule has 2 rings (SSSR count). The Morgan fingerprint density at radius 2 is 2.08 bits per heavy atom. The maximum Gasteiger partial charge on any atom is 0.193 e. The van der Waals surface area contributed by atoms with Gasteiger partial charge in [0.1, 0.15) is 11.5 Å². The second-order valence-electron chi connectivity index (χ2n) is 6.56. The van der Waals surface area contributed by atoms with Crippen LogP contribution in [0.25, 0.3) is 0 Å². The summed E-state index contributed by atoms with van der Waals surface area (Å²) in [7, 11) is 5.81. The predicted molar refractivity (Wildman–Crippen MR) is 97.1 cm³/mol. The van der Waals surface area contributed by atoms with Crippen molar-refractivity contribution in [3.05, 3.63) is 40.6 Å². The van der Waals surface area contributed by atoms with Gasteiger partial charge in [0.2, 0.25) is 0 Å². The monoisotopic (exact) mass is 331 g/mol. The molecule has 2 aromatic heterocycles. The van der Waals surface area contributed by atoms with Crippen molar-refractivity contribution >= 4 is 5.96 Å². The first-order valence-electron chi connectivity index (χ1n) is 8.32. The van der Waals surface area contributed by atoms with E-state index in [2.05, 4.69) is 46.4 Å². The molecule has 0 aliphatic heterocycles. The SMILES string of the molecule is CN=C(NCc1cc(C)oc1C)N(C)Cc1cn(C)nc1C(C)C. The van der Waals surface area contributed by atoms with Crippen LogP contribution in [0.4, 0.5) is 0 Å². The highest BCUT2D eigenvalue weighted by atomic mass is 16.3. The van der Waals surface area contributed by atoms with Gasteiger partial charge < -0.3 is 14.6 Å². The van der Waals surface area contributed by atoms with Gasteiger partial charge in [0.05, 0.1) is 5.69 Å². The van der Waals surface area contributed by atoms with Crippen LogP contribution in [-0.4, -0.2) is 34.7 Å². The molecule has 6 nitrogen and oxygen atoms in total. The smallest absolute Gasteiger partial charge is 0.193 e. The lowest BCUT2D eigenvalue weighted by atomic mass is 10.1. The topological polar surface area (TPSA) is 58.6 Å². The van der Waals surface area contributed by atoms with Gasteiger partial charge in [0.15, 0.2) is 5.96 Å². The summed E-state index contributed by atoms with van der Waals surface area (Å²) in [4.78, 5) is 6.51. The van der Waals surface area contributed by atoms with Crippen LogP contribution < -0.4 is 5.32 Å². The van der Waals surface area contributed by atoms with Gasteiger partial charge in [0, 0.05) is 51.6 Å². The third kappa shape index (κ3) is 4.19. The summed E-state index contributed by atoms with van der Waals surface area (Å²) in [6.45, 7) is 9.76. The Kier molecular flexibility index (Phi) is 5.70. The first-order valence-corrected chi connectivity index (χ1v) is 8.32. The zero-order valence-corrected chi connectivity index (χ0v) is 15.8. The molecule has 0 aliphatic rings. The van der Waals surface area contributed by atoms with E-state index >= 15 is 0 Å². The van der Waals surface area contributed by atoms with Gasteiger partial charge >= 0.3 is 0 Å². The number of rotatable bonds is 5. The molecule has 132 valence electrons. The molecule has 6 heteroatoms. The number of nitrogens with one attached hydrogen (secondary N) is 1. The summed E-state index contributed by atoms with van der Waals surface area (Å²) in [6.07, 6.45) is 2.09. The van der Waals surface area contributed by atoms with Crippen LogP contribution in [0.5, 0.6) is 0 Å². The molecule has 0 amide bonds. The molecule has 24 heavy (non-hydrogen) atoms. The molecule has 0 unspecified atom stereocenters. The summed E-state index contributed by atoms with van der Waals surface area (Å²) >= 11 is 0. The molecule has 2 heterocycles. The molecule has 0 spiro atoms. The lowest BCUT2D eigenvalue weighted by Crippen LogP contribution is -2.38. The molecule has 0 aliphatic carbocycles. The molecule has 0 radical (unpaired) electrons. The normalized spacial score (nSPS) is 12.1. The standard InChI is InChI=1S/C18H29N5O/c1-12(2)17-16(11-23(7)21-17)10-22(6)18(19-5)20-9-15-8-13(3)24-14(15)4/h8,11-12H,9-10H2,1-7H3,(H,19,20). The number of nitrogens with zero attached hydrogens (tertiary/aromatic N) is 4. The van der Waals surface area contributed by atoms with E-state index in [4.69, 9.17) is 4.42 Å². The van der Waals surface area contributed by atoms with Crippen LogP contribution >= 0.6 is 0 Å². The Labute approximate surface area is 144 Å². The minimum atomic E-state index is 0.404. The molecular formula is C18H29N5O. The maximum absolute atomic E-state index is 5.58. The summed E-state index contributed by atoms with van der Waals surface area (Å²) in [5, 5.41) is 7.98. The van der Waals surface area contributed by atoms with Crippen LogP contribution in [0.1, 0.15) is 48.1 Å². The van der Waals surface area contributed by atoms with Gasteiger partial charge in [-0.25, -0.2) is 0 Å². The number of aryl methyl sites for hydroxylation is 3. The second-order valence-corrected chi connectivity index (χ2v) is 6.56. The Balaban J connectivity index is 2.04. The van der Waals surface area contributed by atoms with Gasteiger partial charge in [-0.3, -0.25) is 9.67 Å². The molecule has 2 aromatic rings. The van der Waals surface area contributed by atoms with Crippen molar-refractivity contribution in [3.63, 3.8) is 0 Å². The van der Waals surface area contributed by atoms with E-state index in [-0.39, 0.29) is 0 Å². The molecule has 0 saturated carbocycles. The highest BCUT2D eigenvalue weighted by molar-refractivity contribution is 5.79. The van der Waals surface area contributed by atoms with E-state index in [1.807, 2.05) is 32.6 Å². The first kappa shape index (κ1) is 18.1. The van der Waals surface area contributed by atoms with Gasteiger partial charge in [-0.2, -0.15) is 5.10 Å². The number of guanidine groups is 1. The second kappa shape index (κ2) is 7.55. The largest absolute Gasteiger partial charge is 0.466 e. The van der Waals surface area contributed by atoms with E-state index < -0.39 is 0 Å². The van der Waals surface area contributed by atoms with E-state index in [9.17, 15) is 0 Å². The van der Waals surface area contributed by atoms with Crippen LogP contribution in [0, 0.1) is 13.8 Å². The Bertz CT molecular complexity index is 711. The summed E-state index contributed by atoms with van der Waals surface area (Å²) in [6, 6.07) is 2.06. The fourth-order valence-electron chi connectivity index (χ4n) is 2.91. The number of aromatic nitrogens is 2. The van der Waals surface area contributed by atoms with Crippen molar-refractivity contribution < 1.29 is 4.42 Å². The first-order chi connectivity index (χ1) is 11.3. The zero-order valence-electron chi connectivity index (χ0n) is 15.8.